The zero-order valence-corrected chi connectivity index (χ0v) is 18.0. The summed E-state index contributed by atoms with van der Waals surface area (Å²) in [6.45, 7) is 5.12. The standard InChI is InChI=1S/C21H23N3O5S/c1-5-17-20(21(29-23-17)22-14(3)25)15-9-10-18(28-4)19(12-15)30(26,27)24-16-8-6-7-13(2)11-16/h6-12,24H,5H2,1-4H3,(H,22,25). The number of nitrogens with zero attached hydrogens (tertiary/aromatic N) is 1. The lowest BCUT2D eigenvalue weighted by atomic mass is 10.0. The Hall–Kier alpha value is -3.33. The summed E-state index contributed by atoms with van der Waals surface area (Å²) in [5.41, 5.74) is 3.03. The van der Waals surface area contributed by atoms with Crippen LogP contribution in [0.25, 0.3) is 11.1 Å². The van der Waals surface area contributed by atoms with Gasteiger partial charge in [0.2, 0.25) is 11.8 Å². The highest BCUT2D eigenvalue weighted by atomic mass is 32.2. The second-order valence-corrected chi connectivity index (χ2v) is 8.36. The Labute approximate surface area is 175 Å². The number of anilines is 2. The van der Waals surface area contributed by atoms with Gasteiger partial charge in [-0.15, -0.1) is 0 Å². The minimum Gasteiger partial charge on any atom is -0.495 e. The molecule has 0 fully saturated rings. The average Bonchev–Trinajstić information content (AvgIpc) is 3.09. The van der Waals surface area contributed by atoms with E-state index in [4.69, 9.17) is 9.26 Å². The predicted molar refractivity (Wildman–Crippen MR) is 114 cm³/mol. The number of carbonyl (C=O) groups is 1. The number of benzene rings is 2. The number of aryl methyl sites for hydroxylation is 2. The first-order valence-corrected chi connectivity index (χ1v) is 10.8. The number of rotatable bonds is 7. The third-order valence-electron chi connectivity index (χ3n) is 4.40. The maximum Gasteiger partial charge on any atom is 0.265 e. The summed E-state index contributed by atoms with van der Waals surface area (Å²) in [5, 5.41) is 6.58. The fourth-order valence-corrected chi connectivity index (χ4v) is 4.31. The van der Waals surface area contributed by atoms with E-state index < -0.39 is 10.0 Å². The van der Waals surface area contributed by atoms with Crippen LogP contribution in [0.4, 0.5) is 11.6 Å². The van der Waals surface area contributed by atoms with E-state index in [1.165, 1.54) is 20.1 Å². The van der Waals surface area contributed by atoms with Gasteiger partial charge in [-0.05, 0) is 48.7 Å². The predicted octanol–water partition coefficient (Wildman–Crippen LogP) is 3.98. The van der Waals surface area contributed by atoms with Crippen molar-refractivity contribution in [3.05, 3.63) is 53.7 Å². The number of ether oxygens (including phenoxy) is 1. The van der Waals surface area contributed by atoms with Gasteiger partial charge in [-0.3, -0.25) is 14.8 Å². The second kappa shape index (κ2) is 8.58. The van der Waals surface area contributed by atoms with E-state index in [2.05, 4.69) is 15.2 Å². The molecule has 2 aromatic carbocycles. The van der Waals surface area contributed by atoms with Crippen molar-refractivity contribution < 1.29 is 22.5 Å². The van der Waals surface area contributed by atoms with Gasteiger partial charge < -0.3 is 9.26 Å². The molecule has 0 atom stereocenters. The van der Waals surface area contributed by atoms with Crippen molar-refractivity contribution in [3.63, 3.8) is 0 Å². The van der Waals surface area contributed by atoms with Crippen LogP contribution in [0.15, 0.2) is 51.9 Å². The van der Waals surface area contributed by atoms with Crippen LogP contribution in [0.2, 0.25) is 0 Å². The monoisotopic (exact) mass is 429 g/mol. The smallest absolute Gasteiger partial charge is 0.265 e. The molecular weight excluding hydrogens is 406 g/mol. The second-order valence-electron chi connectivity index (χ2n) is 6.71. The summed E-state index contributed by atoms with van der Waals surface area (Å²) in [7, 11) is -2.55. The van der Waals surface area contributed by atoms with E-state index in [0.717, 1.165) is 5.56 Å². The molecule has 0 spiro atoms. The summed E-state index contributed by atoms with van der Waals surface area (Å²) < 4.78 is 39.4. The van der Waals surface area contributed by atoms with Crippen molar-refractivity contribution in [1.29, 1.82) is 0 Å². The van der Waals surface area contributed by atoms with Crippen molar-refractivity contribution in [2.45, 2.75) is 32.1 Å². The minimum atomic E-state index is -3.96. The number of nitrogens with one attached hydrogen (secondary N) is 2. The van der Waals surface area contributed by atoms with Crippen LogP contribution in [-0.2, 0) is 21.2 Å². The van der Waals surface area contributed by atoms with Crippen molar-refractivity contribution in [2.24, 2.45) is 0 Å². The summed E-state index contributed by atoms with van der Waals surface area (Å²) in [4.78, 5) is 11.5. The van der Waals surface area contributed by atoms with E-state index in [1.807, 2.05) is 19.9 Å². The maximum absolute atomic E-state index is 13.1. The quantitative estimate of drug-likeness (QED) is 0.588. The molecule has 0 unspecified atom stereocenters. The molecule has 0 aliphatic rings. The summed E-state index contributed by atoms with van der Waals surface area (Å²) in [6.07, 6.45) is 0.536. The molecule has 0 bridgehead atoms. The first-order valence-electron chi connectivity index (χ1n) is 9.29. The number of hydrogen-bond donors (Lipinski definition) is 2. The zero-order chi connectivity index (χ0) is 21.9. The lowest BCUT2D eigenvalue weighted by Crippen LogP contribution is -2.14. The fraction of sp³-hybridized carbons (Fsp3) is 0.238. The molecule has 0 radical (unpaired) electrons. The number of amides is 1. The van der Waals surface area contributed by atoms with Gasteiger partial charge in [0, 0.05) is 12.6 Å². The third kappa shape index (κ3) is 4.46. The Morgan fingerprint density at radius 3 is 2.60 bits per heavy atom. The highest BCUT2D eigenvalue weighted by molar-refractivity contribution is 7.92. The molecule has 0 saturated carbocycles. The highest BCUT2D eigenvalue weighted by Gasteiger charge is 2.24. The normalized spacial score (nSPS) is 11.2. The average molecular weight is 429 g/mol. The van der Waals surface area contributed by atoms with Crippen molar-refractivity contribution in [3.8, 4) is 16.9 Å². The molecule has 158 valence electrons. The van der Waals surface area contributed by atoms with E-state index in [0.29, 0.717) is 28.9 Å². The molecule has 1 heterocycles. The molecule has 2 N–H and O–H groups in total. The fourth-order valence-electron chi connectivity index (χ4n) is 3.07. The Morgan fingerprint density at radius 1 is 1.20 bits per heavy atom. The van der Waals surface area contributed by atoms with Crippen molar-refractivity contribution >= 4 is 27.5 Å². The van der Waals surface area contributed by atoms with Crippen LogP contribution in [0.5, 0.6) is 5.75 Å². The van der Waals surface area contributed by atoms with Gasteiger partial charge in [-0.25, -0.2) is 8.42 Å². The summed E-state index contributed by atoms with van der Waals surface area (Å²) in [5.74, 6) is 0.0338. The molecule has 0 aliphatic carbocycles. The molecular formula is C21H23N3O5S. The molecule has 3 rings (SSSR count). The van der Waals surface area contributed by atoms with E-state index >= 15 is 0 Å². The Morgan fingerprint density at radius 2 is 1.97 bits per heavy atom. The van der Waals surface area contributed by atoms with Gasteiger partial charge in [0.05, 0.1) is 18.4 Å². The summed E-state index contributed by atoms with van der Waals surface area (Å²) in [6, 6.07) is 11.8. The molecule has 3 aromatic rings. The molecule has 0 aliphatic heterocycles. The van der Waals surface area contributed by atoms with Crippen molar-refractivity contribution in [1.82, 2.24) is 5.16 Å². The number of aromatic nitrogens is 1. The van der Waals surface area contributed by atoms with Gasteiger partial charge >= 0.3 is 0 Å². The van der Waals surface area contributed by atoms with Crippen LogP contribution >= 0.6 is 0 Å². The van der Waals surface area contributed by atoms with Gasteiger partial charge in [0.25, 0.3) is 10.0 Å². The van der Waals surface area contributed by atoms with Gasteiger partial charge in [0.15, 0.2) is 0 Å². The third-order valence-corrected chi connectivity index (χ3v) is 5.80. The first kappa shape index (κ1) is 21.4. The molecule has 9 heteroatoms. The largest absolute Gasteiger partial charge is 0.495 e. The van der Waals surface area contributed by atoms with Crippen LogP contribution in [0, 0.1) is 6.92 Å². The maximum atomic E-state index is 13.1. The molecule has 30 heavy (non-hydrogen) atoms. The zero-order valence-electron chi connectivity index (χ0n) is 17.1. The first-order chi connectivity index (χ1) is 14.2. The van der Waals surface area contributed by atoms with Crippen LogP contribution < -0.4 is 14.8 Å². The van der Waals surface area contributed by atoms with Crippen LogP contribution in [-0.4, -0.2) is 26.6 Å². The highest BCUT2D eigenvalue weighted by Crippen LogP contribution is 2.36. The Bertz CT molecular complexity index is 1190. The van der Waals surface area contributed by atoms with Crippen molar-refractivity contribution in [2.75, 3.05) is 17.1 Å². The van der Waals surface area contributed by atoms with Gasteiger partial charge in [-0.2, -0.15) is 0 Å². The number of sulfonamides is 1. The minimum absolute atomic E-state index is 0.0407. The van der Waals surface area contributed by atoms with Crippen LogP contribution in [0.1, 0.15) is 25.1 Å². The molecule has 0 saturated heterocycles. The lowest BCUT2D eigenvalue weighted by Gasteiger charge is -2.14. The van der Waals surface area contributed by atoms with Gasteiger partial charge in [-0.1, -0.05) is 30.3 Å². The summed E-state index contributed by atoms with van der Waals surface area (Å²) >= 11 is 0. The number of carbonyl (C=O) groups excluding carboxylic acids is 1. The Balaban J connectivity index is 2.11. The van der Waals surface area contributed by atoms with Gasteiger partial charge in [0.1, 0.15) is 10.6 Å². The number of methoxy groups -OCH3 is 1. The van der Waals surface area contributed by atoms with E-state index in [1.54, 1.807) is 30.3 Å². The lowest BCUT2D eigenvalue weighted by molar-refractivity contribution is -0.114. The SMILES string of the molecule is CCc1noc(NC(C)=O)c1-c1ccc(OC)c(S(=O)(=O)Nc2cccc(C)c2)c1. The van der Waals surface area contributed by atoms with E-state index in [9.17, 15) is 13.2 Å². The Kier molecular flexibility index (Phi) is 6.12. The molecule has 8 nitrogen and oxygen atoms in total. The van der Waals surface area contributed by atoms with E-state index in [-0.39, 0.29) is 22.4 Å². The molecule has 1 aromatic heterocycles. The number of hydrogen-bond acceptors (Lipinski definition) is 6. The van der Waals surface area contributed by atoms with Crippen LogP contribution in [0.3, 0.4) is 0 Å². The topological polar surface area (TPSA) is 111 Å². The molecule has 1 amide bonds.